The zero-order valence-corrected chi connectivity index (χ0v) is 29.2. The van der Waals surface area contributed by atoms with Crippen molar-refractivity contribution in [2.45, 2.75) is 37.8 Å². The highest BCUT2D eigenvalue weighted by atomic mass is 79.9. The first kappa shape index (κ1) is 31.7. The van der Waals surface area contributed by atoms with E-state index in [4.69, 9.17) is 51.4 Å². The number of fused-ring (bicyclic) bond motifs is 4. The Kier molecular flexibility index (Phi) is 10.0. The van der Waals surface area contributed by atoms with Crippen molar-refractivity contribution in [2.75, 3.05) is 26.2 Å². The van der Waals surface area contributed by atoms with Gasteiger partial charge in [0.1, 0.15) is 6.10 Å². The summed E-state index contributed by atoms with van der Waals surface area (Å²) in [5.41, 5.74) is 8.25. The number of hydrogen-bond donors (Lipinski definition) is 2. The van der Waals surface area contributed by atoms with Crippen LogP contribution in [0.4, 0.5) is 0 Å². The number of aliphatic hydroxyl groups is 1. The number of rotatable bonds is 1. The van der Waals surface area contributed by atoms with Crippen LogP contribution in [0.25, 0.3) is 0 Å². The molecule has 1 aliphatic heterocycles. The van der Waals surface area contributed by atoms with Gasteiger partial charge in [-0.3, -0.25) is 14.9 Å². The minimum atomic E-state index is -0.801. The fourth-order valence-electron chi connectivity index (χ4n) is 6.29. The molecule has 0 saturated carbocycles. The second-order valence-electron chi connectivity index (χ2n) is 10.9. The topological polar surface area (TPSA) is 61.3 Å². The van der Waals surface area contributed by atoms with Crippen LogP contribution >= 0.6 is 78.3 Å². The van der Waals surface area contributed by atoms with E-state index in [0.717, 1.165) is 88.2 Å². The van der Waals surface area contributed by atoms with Gasteiger partial charge in [-0.05, 0) is 122 Å². The van der Waals surface area contributed by atoms with E-state index < -0.39 is 6.10 Å². The molecule has 0 spiro atoms. The van der Waals surface area contributed by atoms with Gasteiger partial charge in [0, 0.05) is 73.2 Å². The second kappa shape index (κ2) is 13.6. The lowest BCUT2D eigenvalue weighted by Crippen LogP contribution is -2.45. The van der Waals surface area contributed by atoms with Crippen molar-refractivity contribution in [3.05, 3.63) is 123 Å². The molecule has 2 aromatic carbocycles. The molecule has 2 N–H and O–H groups in total. The minimum absolute atomic E-state index is 0.0949. The largest absolute Gasteiger partial charge is 0.382 e. The van der Waals surface area contributed by atoms with Crippen molar-refractivity contribution in [3.8, 4) is 0 Å². The van der Waals surface area contributed by atoms with Crippen molar-refractivity contribution < 1.29 is 5.11 Å². The molecule has 2 unspecified atom stereocenters. The standard InChI is InChI=1S/C18H18BrCl2N3.C14H10BrCl2NO/c19-13-7-12-2-1-11-8-14(20)9-15(21)16(11)18(17(12)23-10-13)24-5-3-22-4-6-24;15-9-3-8-2-1-7-4-10(16)5-11(17)12(7)14(19)13(8)18-6-9/h7-10,18,22H,1-6H2;3-6,14,19H,1-2H2. The van der Waals surface area contributed by atoms with Crippen molar-refractivity contribution >= 4 is 78.3 Å². The first-order valence-electron chi connectivity index (χ1n) is 14.1. The Morgan fingerprint density at radius 3 is 1.77 bits per heavy atom. The van der Waals surface area contributed by atoms with Gasteiger partial charge in [-0.2, -0.15) is 0 Å². The smallest absolute Gasteiger partial charge is 0.123 e. The van der Waals surface area contributed by atoms with Gasteiger partial charge >= 0.3 is 0 Å². The Morgan fingerprint density at radius 2 is 1.16 bits per heavy atom. The molecule has 0 radical (unpaired) electrons. The van der Waals surface area contributed by atoms with Crippen LogP contribution in [-0.4, -0.2) is 46.2 Å². The Bertz CT molecular complexity index is 1680. The van der Waals surface area contributed by atoms with Gasteiger partial charge in [-0.15, -0.1) is 0 Å². The predicted octanol–water partition coefficient (Wildman–Crippen LogP) is 8.58. The third kappa shape index (κ3) is 6.81. The maximum absolute atomic E-state index is 10.6. The second-order valence-corrected chi connectivity index (χ2v) is 14.4. The maximum Gasteiger partial charge on any atom is 0.123 e. The molecule has 4 aromatic rings. The average molecular weight is 786 g/mol. The molecule has 0 amide bonds. The molecule has 2 aliphatic carbocycles. The molecule has 43 heavy (non-hydrogen) atoms. The van der Waals surface area contributed by atoms with Crippen LogP contribution in [0.1, 0.15) is 56.9 Å². The van der Waals surface area contributed by atoms with E-state index in [2.05, 4.69) is 59.2 Å². The molecule has 11 heteroatoms. The number of benzene rings is 2. The molecule has 2 atom stereocenters. The number of nitrogens with zero attached hydrogens (tertiary/aromatic N) is 3. The molecule has 3 aliphatic rings. The van der Waals surface area contributed by atoms with Crippen molar-refractivity contribution in [3.63, 3.8) is 0 Å². The zero-order valence-electron chi connectivity index (χ0n) is 23.0. The van der Waals surface area contributed by atoms with Gasteiger partial charge in [0.15, 0.2) is 0 Å². The highest BCUT2D eigenvalue weighted by molar-refractivity contribution is 9.10. The summed E-state index contributed by atoms with van der Waals surface area (Å²) < 4.78 is 1.93. The van der Waals surface area contributed by atoms with Gasteiger partial charge in [0.05, 0.1) is 17.4 Å². The number of halogens is 6. The normalized spacial score (nSPS) is 19.5. The van der Waals surface area contributed by atoms with E-state index in [1.807, 2.05) is 24.4 Å². The summed E-state index contributed by atoms with van der Waals surface area (Å²) in [6.07, 6.45) is 6.27. The van der Waals surface area contributed by atoms with Crippen LogP contribution in [0.15, 0.2) is 57.7 Å². The molecule has 0 bridgehead atoms. The third-order valence-electron chi connectivity index (χ3n) is 8.21. The summed E-state index contributed by atoms with van der Waals surface area (Å²) >= 11 is 32.2. The molecular formula is C32H28Br2Cl4N4O. The Labute approximate surface area is 288 Å². The van der Waals surface area contributed by atoms with Gasteiger partial charge in [0.25, 0.3) is 0 Å². The van der Waals surface area contributed by atoms with Crippen LogP contribution in [0.5, 0.6) is 0 Å². The number of nitrogens with one attached hydrogen (secondary N) is 1. The number of aryl methyl sites for hydroxylation is 4. The van der Waals surface area contributed by atoms with Gasteiger partial charge in [0.2, 0.25) is 0 Å². The molecule has 7 rings (SSSR count). The summed E-state index contributed by atoms with van der Waals surface area (Å²) in [5.74, 6) is 0. The Balaban J connectivity index is 0.000000157. The van der Waals surface area contributed by atoms with Crippen LogP contribution < -0.4 is 5.32 Å². The predicted molar refractivity (Wildman–Crippen MR) is 182 cm³/mol. The van der Waals surface area contributed by atoms with Gasteiger partial charge in [-0.25, -0.2) is 0 Å². The first-order valence-corrected chi connectivity index (χ1v) is 17.2. The molecule has 1 saturated heterocycles. The quantitative estimate of drug-likeness (QED) is 0.203. The van der Waals surface area contributed by atoms with E-state index >= 15 is 0 Å². The fourth-order valence-corrected chi connectivity index (χ4v) is 8.32. The zero-order chi connectivity index (χ0) is 30.2. The lowest BCUT2D eigenvalue weighted by Gasteiger charge is -2.36. The highest BCUT2D eigenvalue weighted by Crippen LogP contribution is 2.42. The fraction of sp³-hybridized carbons (Fsp3) is 0.312. The Hall–Kier alpha value is -1.26. The van der Waals surface area contributed by atoms with E-state index in [1.165, 1.54) is 16.7 Å². The van der Waals surface area contributed by atoms with Crippen LogP contribution in [0, 0.1) is 0 Å². The monoisotopic (exact) mass is 782 g/mol. The highest BCUT2D eigenvalue weighted by Gasteiger charge is 2.33. The Morgan fingerprint density at radius 1 is 0.674 bits per heavy atom. The molecular weight excluding hydrogens is 758 g/mol. The molecule has 5 nitrogen and oxygen atoms in total. The van der Waals surface area contributed by atoms with E-state index in [9.17, 15) is 5.11 Å². The lowest BCUT2D eigenvalue weighted by molar-refractivity contribution is 0.195. The summed E-state index contributed by atoms with van der Waals surface area (Å²) in [5, 5.41) is 16.5. The van der Waals surface area contributed by atoms with Gasteiger partial charge < -0.3 is 10.4 Å². The lowest BCUT2D eigenvalue weighted by atomic mass is 9.96. The number of piperazine rings is 1. The maximum atomic E-state index is 10.6. The van der Waals surface area contributed by atoms with E-state index in [0.29, 0.717) is 20.8 Å². The van der Waals surface area contributed by atoms with Crippen LogP contribution in [0.2, 0.25) is 20.1 Å². The molecule has 1 fully saturated rings. The summed E-state index contributed by atoms with van der Waals surface area (Å²) in [4.78, 5) is 11.6. The first-order chi connectivity index (χ1) is 20.7. The average Bonchev–Trinajstić information content (AvgIpc) is 3.21. The van der Waals surface area contributed by atoms with E-state index in [-0.39, 0.29) is 6.04 Å². The summed E-state index contributed by atoms with van der Waals surface area (Å²) in [6, 6.07) is 11.7. The summed E-state index contributed by atoms with van der Waals surface area (Å²) in [7, 11) is 0. The molecule has 224 valence electrons. The number of hydrogen-bond acceptors (Lipinski definition) is 5. The van der Waals surface area contributed by atoms with E-state index in [1.54, 1.807) is 12.3 Å². The van der Waals surface area contributed by atoms with Crippen molar-refractivity contribution in [1.29, 1.82) is 0 Å². The number of pyridine rings is 2. The summed E-state index contributed by atoms with van der Waals surface area (Å²) in [6.45, 7) is 3.95. The minimum Gasteiger partial charge on any atom is -0.382 e. The SMILES string of the molecule is Clc1cc(Cl)c2c(c1)CCc1cc(Br)cnc1C2N1CCNCC1.OC1c2ncc(Br)cc2CCc2cc(Cl)cc(Cl)c21. The molecule has 2 aromatic heterocycles. The molecule has 3 heterocycles. The van der Waals surface area contributed by atoms with Crippen molar-refractivity contribution in [2.24, 2.45) is 0 Å². The van der Waals surface area contributed by atoms with Crippen LogP contribution in [0.3, 0.4) is 0 Å². The van der Waals surface area contributed by atoms with Gasteiger partial charge in [-0.1, -0.05) is 46.4 Å². The third-order valence-corrected chi connectivity index (χ3v) is 10.1. The number of aliphatic hydroxyl groups excluding tert-OH is 1. The van der Waals surface area contributed by atoms with Crippen LogP contribution in [-0.2, 0) is 25.7 Å². The number of aromatic nitrogens is 2. The van der Waals surface area contributed by atoms with Crippen molar-refractivity contribution in [1.82, 2.24) is 20.2 Å².